The van der Waals surface area contributed by atoms with Crippen LogP contribution in [-0.2, 0) is 15.5 Å². The van der Waals surface area contributed by atoms with Gasteiger partial charge in [-0.2, -0.15) is 0 Å². The lowest BCUT2D eigenvalue weighted by Crippen LogP contribution is -2.61. The van der Waals surface area contributed by atoms with Crippen LogP contribution in [0.5, 0.6) is 0 Å². The Morgan fingerprint density at radius 1 is 1.50 bits per heavy atom. The Balaban J connectivity index is 2.20. The molecule has 18 heavy (non-hydrogen) atoms. The molecule has 0 aromatic heterocycles. The van der Waals surface area contributed by atoms with Crippen LogP contribution in [0.25, 0.3) is 0 Å². The second-order valence-electron chi connectivity index (χ2n) is 5.80. The average molecular weight is 276 g/mol. The minimum atomic E-state index is -0.803. The van der Waals surface area contributed by atoms with Crippen LogP contribution in [0.1, 0.15) is 27.7 Å². The highest BCUT2D eigenvalue weighted by molar-refractivity contribution is 7.84. The predicted molar refractivity (Wildman–Crippen MR) is 73.1 cm³/mol. The Bertz CT molecular complexity index is 322. The van der Waals surface area contributed by atoms with Crippen molar-refractivity contribution >= 4 is 16.9 Å². The Morgan fingerprint density at radius 3 is 2.50 bits per heavy atom. The number of hydrogen-bond acceptors (Lipinski definition) is 4. The molecule has 6 heteroatoms. The van der Waals surface area contributed by atoms with Crippen molar-refractivity contribution in [1.29, 1.82) is 0 Å². The first-order valence-corrected chi connectivity index (χ1v) is 7.84. The summed E-state index contributed by atoms with van der Waals surface area (Å²) in [5.74, 6) is 0. The Morgan fingerprint density at radius 2 is 2.06 bits per heavy atom. The van der Waals surface area contributed by atoms with E-state index in [1.807, 2.05) is 27.7 Å². The van der Waals surface area contributed by atoms with Gasteiger partial charge in [0.1, 0.15) is 5.60 Å². The number of carbonyl (C=O) groups is 1. The van der Waals surface area contributed by atoms with Gasteiger partial charge in [0.05, 0.1) is 0 Å². The van der Waals surface area contributed by atoms with Crippen LogP contribution in [0.15, 0.2) is 0 Å². The molecule has 0 aliphatic carbocycles. The zero-order valence-corrected chi connectivity index (χ0v) is 12.7. The number of amides is 1. The third-order valence-corrected chi connectivity index (χ3v) is 4.09. The molecule has 1 heterocycles. The molecule has 1 rings (SSSR count). The van der Waals surface area contributed by atoms with Crippen molar-refractivity contribution in [3.63, 3.8) is 0 Å². The highest BCUT2D eigenvalue weighted by Gasteiger charge is 2.33. The third kappa shape index (κ3) is 4.94. The SMILES string of the molecule is CC(CNC1CN(C(=O)OC(C)(C)C)C1)S(C)=O. The summed E-state index contributed by atoms with van der Waals surface area (Å²) in [7, 11) is -0.803. The van der Waals surface area contributed by atoms with Crippen LogP contribution in [0.3, 0.4) is 0 Å². The van der Waals surface area contributed by atoms with Gasteiger partial charge in [-0.05, 0) is 27.7 Å². The fourth-order valence-corrected chi connectivity index (χ4v) is 1.86. The average Bonchev–Trinajstić information content (AvgIpc) is 2.11. The first-order valence-electron chi connectivity index (χ1n) is 6.22. The Kier molecular flexibility index (Phi) is 5.16. The van der Waals surface area contributed by atoms with Gasteiger partial charge in [-0.25, -0.2) is 4.79 Å². The first kappa shape index (κ1) is 15.4. The molecule has 0 spiro atoms. The summed E-state index contributed by atoms with van der Waals surface area (Å²) in [4.78, 5) is 13.3. The van der Waals surface area contributed by atoms with E-state index in [9.17, 15) is 9.00 Å². The lowest BCUT2D eigenvalue weighted by molar-refractivity contribution is 0.00543. The predicted octanol–water partition coefficient (Wildman–Crippen LogP) is 0.962. The molecule has 0 aromatic rings. The molecule has 1 saturated heterocycles. The summed E-state index contributed by atoms with van der Waals surface area (Å²) in [6.45, 7) is 9.58. The maximum atomic E-state index is 11.7. The molecule has 1 N–H and O–H groups in total. The van der Waals surface area contributed by atoms with E-state index in [0.717, 1.165) is 6.54 Å². The number of nitrogens with one attached hydrogen (secondary N) is 1. The van der Waals surface area contributed by atoms with Gasteiger partial charge in [0.25, 0.3) is 0 Å². The van der Waals surface area contributed by atoms with Crippen molar-refractivity contribution in [2.75, 3.05) is 25.9 Å². The monoisotopic (exact) mass is 276 g/mol. The van der Waals surface area contributed by atoms with Gasteiger partial charge < -0.3 is 15.0 Å². The standard InChI is InChI=1S/C12H24N2O3S/c1-9(18(5)16)6-13-10-7-14(8-10)11(15)17-12(2,3)4/h9-10,13H,6-8H2,1-5H3. The molecule has 106 valence electrons. The van der Waals surface area contributed by atoms with Crippen LogP contribution in [0.2, 0.25) is 0 Å². The maximum absolute atomic E-state index is 11.7. The van der Waals surface area contributed by atoms with Crippen LogP contribution >= 0.6 is 0 Å². The number of hydrogen-bond donors (Lipinski definition) is 1. The van der Waals surface area contributed by atoms with E-state index in [-0.39, 0.29) is 11.3 Å². The Labute approximate surface area is 112 Å². The zero-order chi connectivity index (χ0) is 13.9. The van der Waals surface area contributed by atoms with Crippen LogP contribution < -0.4 is 5.32 Å². The summed E-state index contributed by atoms with van der Waals surface area (Å²) in [6.07, 6.45) is 1.45. The van der Waals surface area contributed by atoms with E-state index in [4.69, 9.17) is 4.74 Å². The molecule has 0 bridgehead atoms. The van der Waals surface area contributed by atoms with E-state index in [1.54, 1.807) is 11.2 Å². The Hall–Kier alpha value is -0.620. The molecule has 0 saturated carbocycles. The van der Waals surface area contributed by atoms with E-state index < -0.39 is 16.4 Å². The minimum absolute atomic E-state index is 0.139. The minimum Gasteiger partial charge on any atom is -0.444 e. The second kappa shape index (κ2) is 6.02. The summed E-state index contributed by atoms with van der Waals surface area (Å²) in [5, 5.41) is 3.44. The van der Waals surface area contributed by atoms with Crippen molar-refractivity contribution in [3.05, 3.63) is 0 Å². The number of likely N-dealkylation sites (tertiary alicyclic amines) is 1. The van der Waals surface area contributed by atoms with Crippen LogP contribution in [0, 0.1) is 0 Å². The highest BCUT2D eigenvalue weighted by Crippen LogP contribution is 2.15. The molecule has 1 amide bonds. The topological polar surface area (TPSA) is 58.6 Å². The van der Waals surface area contributed by atoms with Gasteiger partial charge in [0.15, 0.2) is 0 Å². The highest BCUT2D eigenvalue weighted by atomic mass is 32.2. The quantitative estimate of drug-likeness (QED) is 0.831. The molecule has 1 aliphatic heterocycles. The van der Waals surface area contributed by atoms with Gasteiger partial charge in [0.2, 0.25) is 0 Å². The van der Waals surface area contributed by atoms with Gasteiger partial charge in [0, 0.05) is 48.0 Å². The van der Waals surface area contributed by atoms with Gasteiger partial charge in [-0.3, -0.25) is 4.21 Å². The summed E-state index contributed by atoms with van der Waals surface area (Å²) >= 11 is 0. The summed E-state index contributed by atoms with van der Waals surface area (Å²) < 4.78 is 16.4. The summed E-state index contributed by atoms with van der Waals surface area (Å²) in [5.41, 5.74) is -0.441. The summed E-state index contributed by atoms with van der Waals surface area (Å²) in [6, 6.07) is 0.295. The van der Waals surface area contributed by atoms with Crippen molar-refractivity contribution in [1.82, 2.24) is 10.2 Å². The maximum Gasteiger partial charge on any atom is 0.410 e. The number of rotatable bonds is 4. The smallest absolute Gasteiger partial charge is 0.410 e. The van der Waals surface area contributed by atoms with Gasteiger partial charge in [-0.15, -0.1) is 0 Å². The lowest BCUT2D eigenvalue weighted by Gasteiger charge is -2.40. The number of carbonyl (C=O) groups excluding carboxylic acids is 1. The molecule has 1 fully saturated rings. The largest absolute Gasteiger partial charge is 0.444 e. The van der Waals surface area contributed by atoms with Crippen LogP contribution in [-0.4, -0.2) is 58.0 Å². The van der Waals surface area contributed by atoms with Crippen molar-refractivity contribution in [2.24, 2.45) is 0 Å². The normalized spacial score (nSPS) is 20.2. The van der Waals surface area contributed by atoms with E-state index in [1.165, 1.54) is 0 Å². The third-order valence-electron chi connectivity index (χ3n) is 2.79. The van der Waals surface area contributed by atoms with Crippen molar-refractivity contribution < 1.29 is 13.7 Å². The number of ether oxygens (including phenoxy) is 1. The molecule has 0 radical (unpaired) electrons. The molecule has 5 nitrogen and oxygen atoms in total. The van der Waals surface area contributed by atoms with Crippen molar-refractivity contribution in [2.45, 2.75) is 44.6 Å². The zero-order valence-electron chi connectivity index (χ0n) is 11.9. The van der Waals surface area contributed by atoms with Crippen LogP contribution in [0.4, 0.5) is 4.79 Å². The molecule has 1 aliphatic rings. The number of nitrogens with zero attached hydrogens (tertiary/aromatic N) is 1. The van der Waals surface area contributed by atoms with Gasteiger partial charge in [-0.1, -0.05) is 0 Å². The van der Waals surface area contributed by atoms with Crippen molar-refractivity contribution in [3.8, 4) is 0 Å². The molecule has 0 aromatic carbocycles. The molecular formula is C12H24N2O3S. The van der Waals surface area contributed by atoms with E-state index in [2.05, 4.69) is 5.32 Å². The van der Waals surface area contributed by atoms with E-state index in [0.29, 0.717) is 19.1 Å². The van der Waals surface area contributed by atoms with Gasteiger partial charge >= 0.3 is 6.09 Å². The molecule has 2 atom stereocenters. The fourth-order valence-electron chi connectivity index (χ4n) is 1.53. The molecule has 2 unspecified atom stereocenters. The fraction of sp³-hybridized carbons (Fsp3) is 0.917. The van der Waals surface area contributed by atoms with E-state index >= 15 is 0 Å². The second-order valence-corrected chi connectivity index (χ2v) is 7.60. The lowest BCUT2D eigenvalue weighted by atomic mass is 10.1. The molecular weight excluding hydrogens is 252 g/mol. The first-order chi connectivity index (χ1) is 8.19.